The average molecular weight is 364 g/mol. The van der Waals surface area contributed by atoms with E-state index in [4.69, 9.17) is 0 Å². The summed E-state index contributed by atoms with van der Waals surface area (Å²) < 4.78 is 0. The molecule has 3 aliphatic heterocycles. The summed E-state index contributed by atoms with van der Waals surface area (Å²) in [4.78, 5) is 0. The topological polar surface area (TPSA) is 0 Å². The van der Waals surface area contributed by atoms with Crippen LogP contribution in [0.5, 0.6) is 0 Å². The van der Waals surface area contributed by atoms with E-state index < -0.39 is 16.0 Å². The first-order valence-corrected chi connectivity index (χ1v) is 12.4. The molecule has 0 fully saturated rings. The maximum atomic E-state index is 2.41. The molecule has 0 spiro atoms. The van der Waals surface area contributed by atoms with Gasteiger partial charge in [-0.2, -0.15) is 0 Å². The van der Waals surface area contributed by atoms with E-state index in [0.29, 0.717) is 0 Å². The minimum Gasteiger partial charge on any atom is -0.0623 e. The van der Waals surface area contributed by atoms with Gasteiger partial charge in [0.2, 0.25) is 0 Å². The van der Waals surface area contributed by atoms with Gasteiger partial charge in [-0.1, -0.05) is 103 Å². The second-order valence-electron chi connectivity index (χ2n) is 7.00. The van der Waals surface area contributed by atoms with Crippen LogP contribution in [0, 0.1) is 0 Å². The fraction of sp³-hybridized carbons (Fsp3) is 0. The minimum atomic E-state index is -2.21. The fourth-order valence-electron chi connectivity index (χ4n) is 4.94. The van der Waals surface area contributed by atoms with Crippen molar-refractivity contribution in [1.82, 2.24) is 0 Å². The highest BCUT2D eigenvalue weighted by Gasteiger charge is 2.54. The maximum absolute atomic E-state index is 2.41. The largest absolute Gasteiger partial charge is 0.181 e. The molecule has 0 N–H and O–H groups in total. The minimum absolute atomic E-state index is 0.439. The van der Waals surface area contributed by atoms with Crippen molar-refractivity contribution in [1.29, 1.82) is 0 Å². The van der Waals surface area contributed by atoms with Crippen molar-refractivity contribution >= 4 is 52.7 Å². The molecule has 2 heteroatoms. The third kappa shape index (κ3) is 1.63. The molecule has 0 unspecified atom stereocenters. The Kier molecular flexibility index (Phi) is 2.97. The molecule has 122 valence electrons. The van der Waals surface area contributed by atoms with Crippen LogP contribution in [0.4, 0.5) is 0 Å². The van der Waals surface area contributed by atoms with Gasteiger partial charge in [-0.3, -0.25) is 0 Å². The Labute approximate surface area is 155 Å². The lowest BCUT2D eigenvalue weighted by molar-refractivity contribution is 1.67. The molecule has 4 aromatic carbocycles. The van der Waals surface area contributed by atoms with Crippen LogP contribution in [-0.4, -0.2) is 8.07 Å². The van der Waals surface area contributed by atoms with Gasteiger partial charge < -0.3 is 0 Å². The third-order valence-electron chi connectivity index (χ3n) is 5.85. The highest BCUT2D eigenvalue weighted by atomic mass is 31.1. The molecule has 4 aromatic rings. The highest BCUT2D eigenvalue weighted by Crippen LogP contribution is 2.38. The van der Waals surface area contributed by atoms with E-state index in [-0.39, 0.29) is 0 Å². The van der Waals surface area contributed by atoms with Crippen LogP contribution in [0.3, 0.4) is 0 Å². The molecule has 0 nitrogen and oxygen atoms in total. The van der Waals surface area contributed by atoms with E-state index >= 15 is 0 Å². The van der Waals surface area contributed by atoms with Crippen LogP contribution in [0.2, 0.25) is 0 Å². The van der Waals surface area contributed by atoms with Gasteiger partial charge in [0.05, 0.1) is 0 Å². The van der Waals surface area contributed by atoms with Gasteiger partial charge in [-0.25, -0.2) is 0 Å². The molecule has 26 heavy (non-hydrogen) atoms. The summed E-state index contributed by atoms with van der Waals surface area (Å²) >= 11 is 0. The second-order valence-corrected chi connectivity index (χ2v) is 12.8. The zero-order chi connectivity index (χ0) is 17.1. The Bertz CT molecular complexity index is 1030. The SMILES string of the molecule is c1ccc([Si]23c4ccccc4P(c4ccccc42)c2ccccc23)cc1. The van der Waals surface area contributed by atoms with Gasteiger partial charge in [0, 0.05) is 0 Å². The predicted molar refractivity (Wildman–Crippen MR) is 116 cm³/mol. The quantitative estimate of drug-likeness (QED) is 0.306. The monoisotopic (exact) mass is 364 g/mol. The second kappa shape index (κ2) is 5.27. The third-order valence-corrected chi connectivity index (χ3v) is 14.0. The zero-order valence-electron chi connectivity index (χ0n) is 14.3. The van der Waals surface area contributed by atoms with Crippen molar-refractivity contribution in [3.8, 4) is 0 Å². The molecule has 0 atom stereocenters. The van der Waals surface area contributed by atoms with Crippen LogP contribution < -0.4 is 36.7 Å². The summed E-state index contributed by atoms with van der Waals surface area (Å²) in [6, 6.07) is 39.0. The normalized spacial score (nSPS) is 21.6. The molecular formula is C24H17PSi. The molecule has 0 amide bonds. The van der Waals surface area contributed by atoms with E-state index in [2.05, 4.69) is 103 Å². The van der Waals surface area contributed by atoms with Gasteiger partial charge in [-0.05, 0) is 44.6 Å². The van der Waals surface area contributed by atoms with Gasteiger partial charge in [0.25, 0.3) is 0 Å². The summed E-state index contributed by atoms with van der Waals surface area (Å²) in [6.07, 6.45) is 0. The first kappa shape index (κ1) is 14.7. The summed E-state index contributed by atoms with van der Waals surface area (Å²) in [7, 11) is -2.65. The lowest BCUT2D eigenvalue weighted by Gasteiger charge is -2.49. The molecule has 0 saturated heterocycles. The Morgan fingerprint density at radius 1 is 0.423 bits per heavy atom. The van der Waals surface area contributed by atoms with Gasteiger partial charge in [0.15, 0.2) is 8.07 Å². The van der Waals surface area contributed by atoms with Crippen LogP contribution in [0.25, 0.3) is 0 Å². The molecule has 3 heterocycles. The number of rotatable bonds is 1. The summed E-state index contributed by atoms with van der Waals surface area (Å²) in [6.45, 7) is 0. The molecule has 0 radical (unpaired) electrons. The van der Waals surface area contributed by atoms with E-state index in [9.17, 15) is 0 Å². The molecular weight excluding hydrogens is 347 g/mol. The number of hydrogen-bond acceptors (Lipinski definition) is 0. The summed E-state index contributed by atoms with van der Waals surface area (Å²) in [5.41, 5.74) is 0. The lowest BCUT2D eigenvalue weighted by atomic mass is 10.3. The lowest BCUT2D eigenvalue weighted by Crippen LogP contribution is -2.86. The van der Waals surface area contributed by atoms with Crippen molar-refractivity contribution in [2.75, 3.05) is 0 Å². The van der Waals surface area contributed by atoms with Crippen LogP contribution in [0.15, 0.2) is 103 Å². The van der Waals surface area contributed by atoms with E-state index in [1.54, 1.807) is 31.5 Å². The summed E-state index contributed by atoms with van der Waals surface area (Å²) in [5, 5.41) is 11.1. The predicted octanol–water partition coefficient (Wildman–Crippen LogP) is 1.45. The van der Waals surface area contributed by atoms with Gasteiger partial charge >= 0.3 is 0 Å². The highest BCUT2D eigenvalue weighted by molar-refractivity contribution is 7.83. The molecule has 0 saturated carbocycles. The Hall–Kier alpha value is -2.47. The van der Waals surface area contributed by atoms with Gasteiger partial charge in [0.1, 0.15) is 0 Å². The first-order valence-electron chi connectivity index (χ1n) is 9.06. The Morgan fingerprint density at radius 2 is 0.808 bits per heavy atom. The van der Waals surface area contributed by atoms with Crippen LogP contribution >= 0.6 is 7.92 Å². The molecule has 0 aliphatic carbocycles. The van der Waals surface area contributed by atoms with Crippen molar-refractivity contribution in [3.63, 3.8) is 0 Å². The maximum Gasteiger partial charge on any atom is 0.181 e. The van der Waals surface area contributed by atoms with E-state index in [0.717, 1.165) is 0 Å². The molecule has 3 aliphatic rings. The molecule has 0 aromatic heterocycles. The van der Waals surface area contributed by atoms with E-state index in [1.807, 2.05) is 0 Å². The van der Waals surface area contributed by atoms with Crippen molar-refractivity contribution in [2.24, 2.45) is 0 Å². The zero-order valence-corrected chi connectivity index (χ0v) is 16.2. The molecule has 7 rings (SSSR count). The Morgan fingerprint density at radius 3 is 1.27 bits per heavy atom. The van der Waals surface area contributed by atoms with Crippen LogP contribution in [0.1, 0.15) is 0 Å². The van der Waals surface area contributed by atoms with Crippen molar-refractivity contribution < 1.29 is 0 Å². The van der Waals surface area contributed by atoms with E-state index in [1.165, 1.54) is 5.19 Å². The number of benzene rings is 4. The molecule has 2 bridgehead atoms. The van der Waals surface area contributed by atoms with Crippen LogP contribution in [-0.2, 0) is 0 Å². The summed E-state index contributed by atoms with van der Waals surface area (Å²) in [5.74, 6) is 0. The fourth-order valence-corrected chi connectivity index (χ4v) is 14.8. The van der Waals surface area contributed by atoms with Gasteiger partial charge in [-0.15, -0.1) is 0 Å². The van der Waals surface area contributed by atoms with Crippen molar-refractivity contribution in [2.45, 2.75) is 0 Å². The smallest absolute Gasteiger partial charge is 0.0623 e. The Balaban J connectivity index is 1.87. The van der Waals surface area contributed by atoms with Crippen molar-refractivity contribution in [3.05, 3.63) is 103 Å². The first-order chi connectivity index (χ1) is 12.9. The standard InChI is InChI=1S/C24H17PSi/c1-2-10-18(11-3-1)26-22-15-7-4-12-19(22)25(20-13-5-8-16-23(20)26)21-14-6-9-17-24(21)26/h1-17H. The number of hydrogen-bond donors (Lipinski definition) is 0. The average Bonchev–Trinajstić information content (AvgIpc) is 2.74.